The Balaban J connectivity index is -0.000000270. The molecule has 0 saturated carbocycles. The molecule has 2 N–H and O–H groups in total. The molecule has 0 spiro atoms. The number of aliphatic hydroxyl groups is 1. The zero-order valence-corrected chi connectivity index (χ0v) is 13.4. The topological polar surface area (TPSA) is 49.3 Å². The van der Waals surface area contributed by atoms with E-state index in [0.29, 0.717) is 6.04 Å². The van der Waals surface area contributed by atoms with Crippen molar-refractivity contribution in [3.8, 4) is 0 Å². The molecular weight excluding hydrogens is 226 g/mol. The van der Waals surface area contributed by atoms with Crippen molar-refractivity contribution in [3.63, 3.8) is 0 Å². The second kappa shape index (κ2) is 16.6. The van der Waals surface area contributed by atoms with Crippen molar-refractivity contribution in [1.29, 1.82) is 0 Å². The Kier molecular flexibility index (Phi) is 21.0. The van der Waals surface area contributed by atoms with Crippen LogP contribution in [0.5, 0.6) is 0 Å². The predicted molar refractivity (Wildman–Crippen MR) is 81.0 cm³/mol. The van der Waals surface area contributed by atoms with Gasteiger partial charge in [-0.2, -0.15) is 0 Å². The van der Waals surface area contributed by atoms with Gasteiger partial charge < -0.3 is 15.2 Å². The van der Waals surface area contributed by atoms with Gasteiger partial charge in [0.1, 0.15) is 6.79 Å². The molecule has 112 valence electrons. The van der Waals surface area contributed by atoms with Crippen LogP contribution in [0.4, 0.5) is 0 Å². The van der Waals surface area contributed by atoms with Gasteiger partial charge >= 0.3 is 0 Å². The van der Waals surface area contributed by atoms with Crippen LogP contribution < -0.4 is 5.32 Å². The number of hydrogen-bond acceptors (Lipinski definition) is 3. The van der Waals surface area contributed by atoms with Gasteiger partial charge in [-0.1, -0.05) is 53.9 Å². The Hall–Kier alpha value is -0.410. The van der Waals surface area contributed by atoms with Crippen LogP contribution in [-0.2, 0) is 4.79 Å². The molecule has 0 heterocycles. The molecule has 0 radical (unpaired) electrons. The van der Waals surface area contributed by atoms with Gasteiger partial charge in [-0.3, -0.25) is 0 Å². The maximum atomic E-state index is 9.95. The first kappa shape index (κ1) is 22.7. The van der Waals surface area contributed by atoms with Crippen molar-refractivity contribution >= 4 is 6.79 Å². The molecule has 0 aliphatic rings. The van der Waals surface area contributed by atoms with Crippen molar-refractivity contribution in [1.82, 2.24) is 5.32 Å². The van der Waals surface area contributed by atoms with Gasteiger partial charge in [0.15, 0.2) is 0 Å². The molecule has 0 aliphatic heterocycles. The fourth-order valence-corrected chi connectivity index (χ4v) is 1.45. The van der Waals surface area contributed by atoms with Crippen LogP contribution in [0.1, 0.15) is 73.1 Å². The van der Waals surface area contributed by atoms with E-state index in [-0.39, 0.29) is 5.60 Å². The Morgan fingerprint density at radius 1 is 1.11 bits per heavy atom. The smallest absolute Gasteiger partial charge is 0.106 e. The zero-order valence-electron chi connectivity index (χ0n) is 13.4. The SMILES string of the molecule is C=O.CCCCC(O)(CC)CCC.CNC(C)C. The minimum atomic E-state index is -0.356. The van der Waals surface area contributed by atoms with Crippen molar-refractivity contribution in [2.75, 3.05) is 7.05 Å². The highest BCUT2D eigenvalue weighted by Crippen LogP contribution is 2.23. The lowest BCUT2D eigenvalue weighted by atomic mass is 9.89. The highest BCUT2D eigenvalue weighted by atomic mass is 16.3. The average molecular weight is 261 g/mol. The molecule has 0 aromatic carbocycles. The van der Waals surface area contributed by atoms with Crippen LogP contribution in [0.15, 0.2) is 0 Å². The molecule has 3 nitrogen and oxygen atoms in total. The van der Waals surface area contributed by atoms with Gasteiger partial charge in [0.25, 0.3) is 0 Å². The molecule has 0 aromatic rings. The normalized spacial score (nSPS) is 12.9. The van der Waals surface area contributed by atoms with Gasteiger partial charge in [0, 0.05) is 6.04 Å². The summed E-state index contributed by atoms with van der Waals surface area (Å²) in [4.78, 5) is 8.00. The monoisotopic (exact) mass is 261 g/mol. The molecule has 0 aliphatic carbocycles. The summed E-state index contributed by atoms with van der Waals surface area (Å²) in [7, 11) is 1.95. The predicted octanol–water partition coefficient (Wildman–Crippen LogP) is 3.55. The zero-order chi connectivity index (χ0) is 15.0. The van der Waals surface area contributed by atoms with Crippen LogP contribution in [0.25, 0.3) is 0 Å². The second-order valence-electron chi connectivity index (χ2n) is 4.87. The first-order valence-electron chi connectivity index (χ1n) is 7.14. The van der Waals surface area contributed by atoms with Crippen LogP contribution in [0.2, 0.25) is 0 Å². The standard InChI is InChI=1S/C10H22O.C4H11N.CH2O/c1-4-7-9-10(11,6-3)8-5-2;1-4(2)5-3;1-2/h11H,4-9H2,1-3H3;4-5H,1-3H3;1H2. The van der Waals surface area contributed by atoms with Gasteiger partial charge in [-0.05, 0) is 26.3 Å². The number of unbranched alkanes of at least 4 members (excludes halogenated alkanes) is 1. The Morgan fingerprint density at radius 2 is 1.56 bits per heavy atom. The van der Waals surface area contributed by atoms with Crippen LogP contribution in [0, 0.1) is 0 Å². The lowest BCUT2D eigenvalue weighted by molar-refractivity contribution is -0.0979. The third-order valence-corrected chi connectivity index (χ3v) is 2.95. The number of nitrogens with one attached hydrogen (secondary N) is 1. The van der Waals surface area contributed by atoms with E-state index in [1.807, 2.05) is 13.8 Å². The molecule has 18 heavy (non-hydrogen) atoms. The fourth-order valence-electron chi connectivity index (χ4n) is 1.45. The molecule has 0 fully saturated rings. The summed E-state index contributed by atoms with van der Waals surface area (Å²) in [5.41, 5.74) is -0.356. The van der Waals surface area contributed by atoms with Gasteiger partial charge in [-0.15, -0.1) is 0 Å². The highest BCUT2D eigenvalue weighted by molar-refractivity contribution is 5.10. The summed E-state index contributed by atoms with van der Waals surface area (Å²) in [6, 6.07) is 0.634. The first-order valence-corrected chi connectivity index (χ1v) is 7.14. The van der Waals surface area contributed by atoms with Crippen LogP contribution in [-0.4, -0.2) is 30.6 Å². The average Bonchev–Trinajstić information content (AvgIpc) is 2.39. The van der Waals surface area contributed by atoms with Gasteiger partial charge in [-0.25, -0.2) is 0 Å². The number of hydrogen-bond donors (Lipinski definition) is 2. The minimum Gasteiger partial charge on any atom is -0.390 e. The maximum absolute atomic E-state index is 9.95. The van der Waals surface area contributed by atoms with E-state index >= 15 is 0 Å². The van der Waals surface area contributed by atoms with Crippen molar-refractivity contribution in [3.05, 3.63) is 0 Å². The molecule has 0 saturated heterocycles. The fraction of sp³-hybridized carbons (Fsp3) is 0.933. The van der Waals surface area contributed by atoms with Crippen molar-refractivity contribution in [2.45, 2.75) is 84.8 Å². The molecule has 1 atom stereocenters. The molecule has 0 aromatic heterocycles. The van der Waals surface area contributed by atoms with E-state index in [9.17, 15) is 5.11 Å². The second-order valence-corrected chi connectivity index (χ2v) is 4.87. The molecular formula is C15H35NO2. The third-order valence-electron chi connectivity index (χ3n) is 2.95. The number of carbonyl (C=O) groups is 1. The van der Waals surface area contributed by atoms with E-state index in [1.165, 1.54) is 6.42 Å². The number of rotatable bonds is 7. The molecule has 0 rings (SSSR count). The summed E-state index contributed by atoms with van der Waals surface area (Å²) in [6.45, 7) is 12.6. The largest absolute Gasteiger partial charge is 0.390 e. The van der Waals surface area contributed by atoms with Crippen LogP contribution >= 0.6 is 0 Å². The van der Waals surface area contributed by atoms with E-state index in [0.717, 1.165) is 32.1 Å². The summed E-state index contributed by atoms with van der Waals surface area (Å²) in [5.74, 6) is 0. The van der Waals surface area contributed by atoms with E-state index in [4.69, 9.17) is 4.79 Å². The van der Waals surface area contributed by atoms with Crippen LogP contribution in [0.3, 0.4) is 0 Å². The highest BCUT2D eigenvalue weighted by Gasteiger charge is 2.21. The maximum Gasteiger partial charge on any atom is 0.106 e. The van der Waals surface area contributed by atoms with E-state index in [1.54, 1.807) is 0 Å². The summed E-state index contributed by atoms with van der Waals surface area (Å²) in [6.07, 6.45) is 6.28. The summed E-state index contributed by atoms with van der Waals surface area (Å²) >= 11 is 0. The molecule has 1 unspecified atom stereocenters. The third kappa shape index (κ3) is 18.0. The van der Waals surface area contributed by atoms with Gasteiger partial charge in [0.05, 0.1) is 5.60 Å². The van der Waals surface area contributed by atoms with Crippen molar-refractivity contribution in [2.24, 2.45) is 0 Å². The van der Waals surface area contributed by atoms with Crippen molar-refractivity contribution < 1.29 is 9.90 Å². The molecule has 3 heteroatoms. The Labute approximate surface area is 114 Å². The molecule has 0 amide bonds. The molecule has 0 bridgehead atoms. The lowest BCUT2D eigenvalue weighted by Crippen LogP contribution is -2.26. The van der Waals surface area contributed by atoms with E-state index in [2.05, 4.69) is 39.9 Å². The summed E-state index contributed by atoms with van der Waals surface area (Å²) < 4.78 is 0. The van der Waals surface area contributed by atoms with E-state index < -0.39 is 0 Å². The van der Waals surface area contributed by atoms with Gasteiger partial charge in [0.2, 0.25) is 0 Å². The quantitative estimate of drug-likeness (QED) is 0.737. The number of carbonyl (C=O) groups excluding carboxylic acids is 1. The lowest BCUT2D eigenvalue weighted by Gasteiger charge is -2.25. The minimum absolute atomic E-state index is 0.356. The Bertz CT molecular complexity index is 151. The first-order chi connectivity index (χ1) is 8.45. The Morgan fingerprint density at radius 3 is 1.78 bits per heavy atom. The summed E-state index contributed by atoms with van der Waals surface area (Å²) in [5, 5.41) is 13.0.